The van der Waals surface area contributed by atoms with Crippen LogP contribution >= 0.6 is 0 Å². The molecular weight excluding hydrogens is 267 g/mol. The van der Waals surface area contributed by atoms with Crippen molar-refractivity contribution < 1.29 is 9.13 Å². The molecular formula is C17H25FN2O. The first kappa shape index (κ1) is 14.9. The zero-order valence-corrected chi connectivity index (χ0v) is 13.0. The zero-order valence-electron chi connectivity index (χ0n) is 13.0. The van der Waals surface area contributed by atoms with Crippen LogP contribution in [-0.2, 0) is 11.3 Å². The van der Waals surface area contributed by atoms with Crippen molar-refractivity contribution in [1.82, 2.24) is 9.80 Å². The molecule has 3 nitrogen and oxygen atoms in total. The summed E-state index contributed by atoms with van der Waals surface area (Å²) in [6.45, 7) is 3.82. The molecule has 0 bridgehead atoms. The highest BCUT2D eigenvalue weighted by Gasteiger charge is 2.43. The largest absolute Gasteiger partial charge is 0.373 e. The summed E-state index contributed by atoms with van der Waals surface area (Å²) in [4.78, 5) is 4.76. The summed E-state index contributed by atoms with van der Waals surface area (Å²) in [5, 5.41) is 0. The van der Waals surface area contributed by atoms with Crippen LogP contribution in [0.5, 0.6) is 0 Å². The molecule has 2 aliphatic heterocycles. The van der Waals surface area contributed by atoms with Crippen LogP contribution in [0.15, 0.2) is 24.3 Å². The van der Waals surface area contributed by atoms with E-state index in [4.69, 9.17) is 4.74 Å². The highest BCUT2D eigenvalue weighted by molar-refractivity contribution is 5.16. The molecule has 0 saturated carbocycles. The smallest absolute Gasteiger partial charge is 0.123 e. The van der Waals surface area contributed by atoms with E-state index in [-0.39, 0.29) is 11.4 Å². The summed E-state index contributed by atoms with van der Waals surface area (Å²) < 4.78 is 19.1. The second-order valence-corrected chi connectivity index (χ2v) is 6.73. The van der Waals surface area contributed by atoms with Gasteiger partial charge in [0.15, 0.2) is 0 Å². The van der Waals surface area contributed by atoms with E-state index in [1.165, 1.54) is 5.56 Å². The highest BCUT2D eigenvalue weighted by atomic mass is 19.1. The van der Waals surface area contributed by atoms with Gasteiger partial charge < -0.3 is 9.64 Å². The third kappa shape index (κ3) is 3.44. The molecule has 0 aromatic heterocycles. The lowest BCUT2D eigenvalue weighted by molar-refractivity contribution is -0.0932. The average Bonchev–Trinajstić information content (AvgIpc) is 2.84. The van der Waals surface area contributed by atoms with E-state index in [9.17, 15) is 4.39 Å². The van der Waals surface area contributed by atoms with E-state index in [1.54, 1.807) is 12.1 Å². The molecule has 1 aromatic rings. The maximum absolute atomic E-state index is 13.0. The standard InChI is InChI=1S/C17H25FN2O/c1-19(2)16-7-10-21-17(11-16)8-9-20(13-17)12-14-3-5-15(18)6-4-14/h3-6,16H,7-13H2,1-2H3/t16-,17-/m1/s1. The number of hydrogen-bond acceptors (Lipinski definition) is 3. The molecule has 116 valence electrons. The lowest BCUT2D eigenvalue weighted by Crippen LogP contribution is -2.48. The second kappa shape index (κ2) is 6.03. The fraction of sp³-hybridized carbons (Fsp3) is 0.647. The van der Waals surface area contributed by atoms with Gasteiger partial charge in [-0.2, -0.15) is 0 Å². The van der Waals surface area contributed by atoms with Crippen molar-refractivity contribution in [1.29, 1.82) is 0 Å². The first-order valence-electron chi connectivity index (χ1n) is 7.84. The van der Waals surface area contributed by atoms with E-state index < -0.39 is 0 Å². The van der Waals surface area contributed by atoms with Crippen LogP contribution in [0.1, 0.15) is 24.8 Å². The lowest BCUT2D eigenvalue weighted by Gasteiger charge is -2.40. The first-order valence-corrected chi connectivity index (χ1v) is 7.84. The number of rotatable bonds is 3. The van der Waals surface area contributed by atoms with Crippen LogP contribution in [0.25, 0.3) is 0 Å². The van der Waals surface area contributed by atoms with Gasteiger partial charge in [0, 0.05) is 32.3 Å². The topological polar surface area (TPSA) is 15.7 Å². The predicted molar refractivity (Wildman–Crippen MR) is 81.7 cm³/mol. The van der Waals surface area contributed by atoms with Gasteiger partial charge in [-0.15, -0.1) is 0 Å². The van der Waals surface area contributed by atoms with Crippen LogP contribution in [0.4, 0.5) is 4.39 Å². The Kier molecular flexibility index (Phi) is 4.29. The SMILES string of the molecule is CN(C)[C@@H]1CCO[C@]2(CCN(Cc3ccc(F)cc3)C2)C1. The molecule has 0 amide bonds. The lowest BCUT2D eigenvalue weighted by atomic mass is 9.89. The molecule has 0 unspecified atom stereocenters. The minimum Gasteiger partial charge on any atom is -0.373 e. The van der Waals surface area contributed by atoms with Gasteiger partial charge >= 0.3 is 0 Å². The van der Waals surface area contributed by atoms with Gasteiger partial charge in [0.25, 0.3) is 0 Å². The fourth-order valence-corrected chi connectivity index (χ4v) is 3.64. The van der Waals surface area contributed by atoms with Crippen molar-refractivity contribution in [2.24, 2.45) is 0 Å². The highest BCUT2D eigenvalue weighted by Crippen LogP contribution is 2.35. The maximum atomic E-state index is 13.0. The van der Waals surface area contributed by atoms with E-state index in [0.29, 0.717) is 6.04 Å². The number of likely N-dealkylation sites (tertiary alicyclic amines) is 1. The monoisotopic (exact) mass is 292 g/mol. The van der Waals surface area contributed by atoms with E-state index in [2.05, 4.69) is 23.9 Å². The summed E-state index contributed by atoms with van der Waals surface area (Å²) in [5.41, 5.74) is 1.21. The third-order valence-corrected chi connectivity index (χ3v) is 4.91. The van der Waals surface area contributed by atoms with Crippen LogP contribution < -0.4 is 0 Å². The molecule has 1 aromatic carbocycles. The molecule has 4 heteroatoms. The van der Waals surface area contributed by atoms with E-state index >= 15 is 0 Å². The third-order valence-electron chi connectivity index (χ3n) is 4.91. The van der Waals surface area contributed by atoms with Gasteiger partial charge in [0.1, 0.15) is 5.82 Å². The molecule has 21 heavy (non-hydrogen) atoms. The summed E-state index contributed by atoms with van der Waals surface area (Å²) in [7, 11) is 4.32. The van der Waals surface area contributed by atoms with Gasteiger partial charge in [-0.3, -0.25) is 4.90 Å². The van der Waals surface area contributed by atoms with E-state index in [0.717, 1.165) is 45.5 Å². The summed E-state index contributed by atoms with van der Waals surface area (Å²) >= 11 is 0. The van der Waals surface area contributed by atoms with Crippen LogP contribution in [0.3, 0.4) is 0 Å². The number of ether oxygens (including phenoxy) is 1. The number of halogens is 1. The second-order valence-electron chi connectivity index (χ2n) is 6.73. The number of nitrogens with zero attached hydrogens (tertiary/aromatic N) is 2. The van der Waals surface area contributed by atoms with Crippen molar-refractivity contribution in [3.8, 4) is 0 Å². The molecule has 0 N–H and O–H groups in total. The van der Waals surface area contributed by atoms with Gasteiger partial charge in [0.05, 0.1) is 5.60 Å². The van der Waals surface area contributed by atoms with Crippen LogP contribution in [-0.4, -0.2) is 55.2 Å². The Morgan fingerprint density at radius 3 is 2.81 bits per heavy atom. The van der Waals surface area contributed by atoms with Gasteiger partial charge in [-0.05, 0) is 51.1 Å². The van der Waals surface area contributed by atoms with Gasteiger partial charge in [-0.1, -0.05) is 12.1 Å². The van der Waals surface area contributed by atoms with Crippen molar-refractivity contribution >= 4 is 0 Å². The van der Waals surface area contributed by atoms with Crippen molar-refractivity contribution in [3.05, 3.63) is 35.6 Å². The minimum absolute atomic E-state index is 0.0349. The number of hydrogen-bond donors (Lipinski definition) is 0. The average molecular weight is 292 g/mol. The van der Waals surface area contributed by atoms with Crippen LogP contribution in [0.2, 0.25) is 0 Å². The molecule has 2 heterocycles. The van der Waals surface area contributed by atoms with Crippen LogP contribution in [0, 0.1) is 5.82 Å². The molecule has 2 aliphatic rings. The maximum Gasteiger partial charge on any atom is 0.123 e. The first-order chi connectivity index (χ1) is 10.1. The molecule has 2 saturated heterocycles. The Morgan fingerprint density at radius 1 is 1.33 bits per heavy atom. The normalized spacial score (nSPS) is 30.4. The zero-order chi connectivity index (χ0) is 14.9. The quantitative estimate of drug-likeness (QED) is 0.851. The van der Waals surface area contributed by atoms with E-state index in [1.807, 2.05) is 12.1 Å². The van der Waals surface area contributed by atoms with Gasteiger partial charge in [0.2, 0.25) is 0 Å². The Balaban J connectivity index is 1.60. The molecule has 3 rings (SSSR count). The summed E-state index contributed by atoms with van der Waals surface area (Å²) in [6, 6.07) is 7.47. The molecule has 0 radical (unpaired) electrons. The molecule has 2 atom stereocenters. The van der Waals surface area contributed by atoms with Crippen molar-refractivity contribution in [2.75, 3.05) is 33.8 Å². The number of benzene rings is 1. The van der Waals surface area contributed by atoms with Crippen molar-refractivity contribution in [3.63, 3.8) is 0 Å². The molecule has 2 fully saturated rings. The molecule has 0 aliphatic carbocycles. The summed E-state index contributed by atoms with van der Waals surface area (Å²) in [5.74, 6) is -0.166. The minimum atomic E-state index is -0.166. The van der Waals surface area contributed by atoms with Gasteiger partial charge in [-0.25, -0.2) is 4.39 Å². The predicted octanol–water partition coefficient (Wildman–Crippen LogP) is 2.51. The summed E-state index contributed by atoms with van der Waals surface area (Å²) in [6.07, 6.45) is 3.37. The Hall–Kier alpha value is -0.970. The Morgan fingerprint density at radius 2 is 2.10 bits per heavy atom. The Bertz CT molecular complexity index is 476. The fourth-order valence-electron chi connectivity index (χ4n) is 3.64. The van der Waals surface area contributed by atoms with Crippen molar-refractivity contribution in [2.45, 2.75) is 37.5 Å². The molecule has 1 spiro atoms. The Labute approximate surface area is 126 Å².